The largest absolute Gasteiger partial charge is 0.354 e. The van der Waals surface area contributed by atoms with Gasteiger partial charge in [0, 0.05) is 29.7 Å². The van der Waals surface area contributed by atoms with E-state index in [9.17, 15) is 9.18 Å². The van der Waals surface area contributed by atoms with Crippen molar-refractivity contribution in [2.45, 2.75) is 32.1 Å². The Morgan fingerprint density at radius 2 is 1.70 bits per heavy atom. The van der Waals surface area contributed by atoms with Crippen LogP contribution in [0, 0.1) is 12.7 Å². The minimum absolute atomic E-state index is 0.0588. The average Bonchev–Trinajstić information content (AvgIpc) is 3.52. The number of nitrogens with one attached hydrogen (secondary N) is 3. The predicted molar refractivity (Wildman–Crippen MR) is 117 cm³/mol. The molecule has 1 amide bonds. The molecule has 1 heterocycles. The zero-order valence-electron chi connectivity index (χ0n) is 17.0. The van der Waals surface area contributed by atoms with Crippen LogP contribution in [0.2, 0.25) is 0 Å². The molecule has 154 valence electrons. The third-order valence-electron chi connectivity index (χ3n) is 5.19. The minimum Gasteiger partial charge on any atom is -0.354 e. The van der Waals surface area contributed by atoms with Crippen LogP contribution < -0.4 is 16.0 Å². The van der Waals surface area contributed by atoms with E-state index in [2.05, 4.69) is 25.9 Å². The summed E-state index contributed by atoms with van der Waals surface area (Å²) in [6.45, 7) is 4.66. The predicted octanol–water partition coefficient (Wildman–Crippen LogP) is 4.77. The number of carbonyl (C=O) groups excluding carboxylic acids is 1. The van der Waals surface area contributed by atoms with Crippen molar-refractivity contribution in [3.8, 4) is 0 Å². The summed E-state index contributed by atoms with van der Waals surface area (Å²) in [5.41, 5.74) is 2.74. The number of hydrogen-bond acceptors (Lipinski definition) is 5. The highest BCUT2D eigenvalue weighted by Gasteiger charge is 2.51. The Morgan fingerprint density at radius 3 is 2.33 bits per heavy atom. The molecule has 30 heavy (non-hydrogen) atoms. The van der Waals surface area contributed by atoms with Crippen LogP contribution in [0.5, 0.6) is 0 Å². The minimum atomic E-state index is -0.550. The topological polar surface area (TPSA) is 78.9 Å². The number of halogens is 1. The number of benzene rings is 2. The summed E-state index contributed by atoms with van der Waals surface area (Å²) in [6.07, 6.45) is 1.54. The second-order valence-corrected chi connectivity index (χ2v) is 7.49. The summed E-state index contributed by atoms with van der Waals surface area (Å²) < 4.78 is 13.2. The lowest BCUT2D eigenvalue weighted by Crippen LogP contribution is -2.27. The molecule has 1 aliphatic carbocycles. The number of carbonyl (C=O) groups is 1. The van der Waals surface area contributed by atoms with Gasteiger partial charge in [0.25, 0.3) is 0 Å². The van der Waals surface area contributed by atoms with Crippen molar-refractivity contribution in [3.63, 3.8) is 0 Å². The lowest BCUT2D eigenvalue weighted by Gasteiger charge is -2.16. The third-order valence-corrected chi connectivity index (χ3v) is 5.19. The summed E-state index contributed by atoms with van der Waals surface area (Å²) in [4.78, 5) is 21.6. The Bertz CT molecular complexity index is 1050. The second kappa shape index (κ2) is 8.10. The molecule has 1 fully saturated rings. The van der Waals surface area contributed by atoms with Gasteiger partial charge in [0.1, 0.15) is 11.6 Å². The van der Waals surface area contributed by atoms with Gasteiger partial charge in [0.15, 0.2) is 0 Å². The zero-order chi connectivity index (χ0) is 21.1. The fourth-order valence-corrected chi connectivity index (χ4v) is 3.45. The molecule has 0 aliphatic heterocycles. The van der Waals surface area contributed by atoms with Crippen molar-refractivity contribution in [1.29, 1.82) is 0 Å². The molecule has 0 saturated heterocycles. The highest BCUT2D eigenvalue weighted by Crippen LogP contribution is 2.49. The fraction of sp³-hybridized carbons (Fsp3) is 0.261. The molecule has 3 aromatic rings. The van der Waals surface area contributed by atoms with Crippen molar-refractivity contribution in [1.82, 2.24) is 9.97 Å². The summed E-state index contributed by atoms with van der Waals surface area (Å²) in [5, 5.41) is 9.36. The lowest BCUT2D eigenvalue weighted by molar-refractivity contribution is -0.118. The Morgan fingerprint density at radius 1 is 1.03 bits per heavy atom. The molecule has 0 spiro atoms. The van der Waals surface area contributed by atoms with E-state index < -0.39 is 5.41 Å². The van der Waals surface area contributed by atoms with Crippen LogP contribution in [0.4, 0.5) is 27.5 Å². The number of aryl methyl sites for hydroxylation is 1. The molecule has 0 unspecified atom stereocenters. The Balaban J connectivity index is 1.43. The smallest absolute Gasteiger partial charge is 0.235 e. The van der Waals surface area contributed by atoms with Crippen molar-refractivity contribution < 1.29 is 9.18 Å². The van der Waals surface area contributed by atoms with E-state index in [-0.39, 0.29) is 11.7 Å². The van der Waals surface area contributed by atoms with E-state index in [0.29, 0.717) is 17.5 Å². The zero-order valence-corrected chi connectivity index (χ0v) is 17.0. The lowest BCUT2D eigenvalue weighted by atomic mass is 9.95. The van der Waals surface area contributed by atoms with Crippen LogP contribution in [0.25, 0.3) is 0 Å². The van der Waals surface area contributed by atoms with Gasteiger partial charge in [-0.25, -0.2) is 9.37 Å². The maximum atomic E-state index is 13.2. The van der Waals surface area contributed by atoms with Crippen LogP contribution in [0.15, 0.2) is 54.6 Å². The van der Waals surface area contributed by atoms with Gasteiger partial charge in [-0.15, -0.1) is 0 Å². The van der Waals surface area contributed by atoms with Crippen molar-refractivity contribution in [2.24, 2.45) is 0 Å². The molecule has 0 bridgehead atoms. The quantitative estimate of drug-likeness (QED) is 0.528. The molecule has 1 aromatic heterocycles. The second-order valence-electron chi connectivity index (χ2n) is 7.49. The Labute approximate surface area is 175 Å². The average molecular weight is 405 g/mol. The van der Waals surface area contributed by atoms with Crippen LogP contribution in [-0.4, -0.2) is 22.4 Å². The number of amides is 1. The van der Waals surface area contributed by atoms with Gasteiger partial charge >= 0.3 is 0 Å². The molecular weight excluding hydrogens is 381 g/mol. The van der Waals surface area contributed by atoms with Gasteiger partial charge in [-0.3, -0.25) is 4.79 Å². The standard InChI is InChI=1S/C23H24FN5O/c1-3-25-22-26-15(2)14-20(29-22)27-18-8-10-19(11-9-18)28-21(30)23(12-13-23)16-4-6-17(24)7-5-16/h4-11,14H,3,12-13H2,1-2H3,(H,28,30)(H2,25,26,27,29). The number of rotatable bonds is 7. The third kappa shape index (κ3) is 4.25. The first-order valence-electron chi connectivity index (χ1n) is 10.0. The number of aromatic nitrogens is 2. The van der Waals surface area contributed by atoms with Gasteiger partial charge in [-0.2, -0.15) is 4.98 Å². The van der Waals surface area contributed by atoms with Crippen molar-refractivity contribution >= 4 is 29.0 Å². The maximum Gasteiger partial charge on any atom is 0.235 e. The van der Waals surface area contributed by atoms with Crippen LogP contribution in [0.3, 0.4) is 0 Å². The first-order chi connectivity index (χ1) is 14.5. The SMILES string of the molecule is CCNc1nc(C)cc(Nc2ccc(NC(=O)C3(c4ccc(F)cc4)CC3)cc2)n1. The summed E-state index contributed by atoms with van der Waals surface area (Å²) >= 11 is 0. The van der Waals surface area contributed by atoms with E-state index in [1.807, 2.05) is 44.2 Å². The van der Waals surface area contributed by atoms with Gasteiger partial charge in [0.05, 0.1) is 5.41 Å². The van der Waals surface area contributed by atoms with Crippen LogP contribution in [-0.2, 0) is 10.2 Å². The van der Waals surface area contributed by atoms with Crippen LogP contribution >= 0.6 is 0 Å². The summed E-state index contributed by atoms with van der Waals surface area (Å²) in [5.74, 6) is 0.925. The molecule has 6 nitrogen and oxygen atoms in total. The first kappa shape index (κ1) is 19.8. The summed E-state index contributed by atoms with van der Waals surface area (Å²) in [7, 11) is 0. The van der Waals surface area contributed by atoms with Crippen LogP contribution in [0.1, 0.15) is 31.0 Å². The normalized spacial score (nSPS) is 14.1. The number of hydrogen-bond donors (Lipinski definition) is 3. The molecule has 7 heteroatoms. The highest BCUT2D eigenvalue weighted by atomic mass is 19.1. The van der Waals surface area contributed by atoms with E-state index in [1.54, 1.807) is 12.1 Å². The van der Waals surface area contributed by atoms with Gasteiger partial charge in [0.2, 0.25) is 11.9 Å². The van der Waals surface area contributed by atoms with Gasteiger partial charge in [-0.05, 0) is 68.7 Å². The van der Waals surface area contributed by atoms with E-state index in [1.165, 1.54) is 12.1 Å². The Hall–Kier alpha value is -3.48. The van der Waals surface area contributed by atoms with E-state index >= 15 is 0 Å². The molecule has 1 aliphatic rings. The van der Waals surface area contributed by atoms with Crippen molar-refractivity contribution in [3.05, 3.63) is 71.7 Å². The Kier molecular flexibility index (Phi) is 5.35. The highest BCUT2D eigenvalue weighted by molar-refractivity contribution is 6.01. The molecule has 0 atom stereocenters. The first-order valence-corrected chi connectivity index (χ1v) is 10.0. The van der Waals surface area contributed by atoms with Gasteiger partial charge < -0.3 is 16.0 Å². The number of nitrogens with zero attached hydrogens (tertiary/aromatic N) is 2. The molecular formula is C23H24FN5O. The summed E-state index contributed by atoms with van der Waals surface area (Å²) in [6, 6.07) is 15.5. The number of anilines is 4. The molecule has 3 N–H and O–H groups in total. The monoisotopic (exact) mass is 405 g/mol. The van der Waals surface area contributed by atoms with E-state index in [4.69, 9.17) is 0 Å². The maximum absolute atomic E-state index is 13.2. The molecule has 1 saturated carbocycles. The van der Waals surface area contributed by atoms with Gasteiger partial charge in [-0.1, -0.05) is 12.1 Å². The molecule has 0 radical (unpaired) electrons. The van der Waals surface area contributed by atoms with E-state index in [0.717, 1.165) is 36.3 Å². The fourth-order valence-electron chi connectivity index (χ4n) is 3.45. The molecule has 2 aromatic carbocycles. The molecule has 4 rings (SSSR count). The van der Waals surface area contributed by atoms with Crippen molar-refractivity contribution in [2.75, 3.05) is 22.5 Å².